The molecule has 0 spiro atoms. The van der Waals surface area contributed by atoms with E-state index in [0.717, 1.165) is 0 Å². The minimum absolute atomic E-state index is 0.00806. The third-order valence-corrected chi connectivity index (χ3v) is 4.36. The van der Waals surface area contributed by atoms with Crippen molar-refractivity contribution in [2.45, 2.75) is 31.2 Å². The molecular formula is C10H18N2O3S. The fraction of sp³-hybridized carbons (Fsp3) is 0.600. The highest BCUT2D eigenvalue weighted by Crippen LogP contribution is 2.17. The van der Waals surface area contributed by atoms with Gasteiger partial charge in [0.05, 0.1) is 4.90 Å². The molecule has 0 aliphatic heterocycles. The molecule has 0 unspecified atom stereocenters. The van der Waals surface area contributed by atoms with Crippen molar-refractivity contribution in [1.82, 2.24) is 9.29 Å². The zero-order valence-electron chi connectivity index (χ0n) is 9.55. The van der Waals surface area contributed by atoms with Crippen LogP contribution in [0, 0.1) is 0 Å². The van der Waals surface area contributed by atoms with Crippen molar-refractivity contribution >= 4 is 10.0 Å². The van der Waals surface area contributed by atoms with Crippen LogP contribution in [-0.2, 0) is 10.0 Å². The molecule has 0 aromatic carbocycles. The third-order valence-electron chi connectivity index (χ3n) is 2.29. The van der Waals surface area contributed by atoms with Gasteiger partial charge < -0.3 is 10.1 Å². The summed E-state index contributed by atoms with van der Waals surface area (Å²) < 4.78 is 25.7. The Balaban J connectivity index is 2.94. The predicted molar refractivity (Wildman–Crippen MR) is 61.5 cm³/mol. The highest BCUT2D eigenvalue weighted by atomic mass is 32.2. The lowest BCUT2D eigenvalue weighted by molar-refractivity contribution is 0.258. The Hall–Kier alpha value is -0.850. The van der Waals surface area contributed by atoms with Gasteiger partial charge in [-0.15, -0.1) is 0 Å². The molecule has 0 atom stereocenters. The van der Waals surface area contributed by atoms with Crippen molar-refractivity contribution in [3.63, 3.8) is 0 Å². The van der Waals surface area contributed by atoms with E-state index in [9.17, 15) is 8.42 Å². The van der Waals surface area contributed by atoms with Gasteiger partial charge in [-0.25, -0.2) is 8.42 Å². The Morgan fingerprint density at radius 2 is 2.19 bits per heavy atom. The van der Waals surface area contributed by atoms with E-state index < -0.39 is 10.0 Å². The quantitative estimate of drug-likeness (QED) is 0.779. The number of aliphatic hydroxyl groups is 1. The van der Waals surface area contributed by atoms with Gasteiger partial charge in [0.1, 0.15) is 0 Å². The molecule has 1 rings (SSSR count). The van der Waals surface area contributed by atoms with Crippen LogP contribution in [0.4, 0.5) is 0 Å². The normalized spacial score (nSPS) is 12.6. The van der Waals surface area contributed by atoms with Gasteiger partial charge in [-0.1, -0.05) is 0 Å². The van der Waals surface area contributed by atoms with E-state index >= 15 is 0 Å². The first-order valence-electron chi connectivity index (χ1n) is 5.25. The van der Waals surface area contributed by atoms with Gasteiger partial charge in [-0.3, -0.25) is 0 Å². The lowest BCUT2D eigenvalue weighted by Gasteiger charge is -2.24. The first-order valence-corrected chi connectivity index (χ1v) is 6.69. The van der Waals surface area contributed by atoms with E-state index in [0.29, 0.717) is 13.0 Å². The molecule has 16 heavy (non-hydrogen) atoms. The fourth-order valence-corrected chi connectivity index (χ4v) is 3.14. The molecule has 1 aromatic heterocycles. The molecule has 0 aliphatic carbocycles. The highest BCUT2D eigenvalue weighted by molar-refractivity contribution is 7.89. The molecule has 0 fully saturated rings. The molecule has 0 saturated heterocycles. The Bertz CT molecular complexity index is 398. The van der Waals surface area contributed by atoms with Crippen molar-refractivity contribution < 1.29 is 13.5 Å². The largest absolute Gasteiger partial charge is 0.396 e. The standard InChI is InChI=1S/C10H18N2O3S/c1-9(2)12(6-3-7-13)16(14,15)10-4-5-11-8-10/h4-5,8-9,11,13H,3,6-7H2,1-2H3. The van der Waals surface area contributed by atoms with E-state index in [1.165, 1.54) is 16.6 Å². The third kappa shape index (κ3) is 2.84. The zero-order valence-corrected chi connectivity index (χ0v) is 10.4. The topological polar surface area (TPSA) is 73.4 Å². The number of sulfonamides is 1. The van der Waals surface area contributed by atoms with Crippen LogP contribution in [0.1, 0.15) is 20.3 Å². The van der Waals surface area contributed by atoms with Crippen molar-refractivity contribution in [3.8, 4) is 0 Å². The average Bonchev–Trinajstić information content (AvgIpc) is 2.70. The van der Waals surface area contributed by atoms with Crippen molar-refractivity contribution in [2.24, 2.45) is 0 Å². The van der Waals surface area contributed by atoms with Gasteiger partial charge in [0, 0.05) is 31.6 Å². The van der Waals surface area contributed by atoms with Gasteiger partial charge >= 0.3 is 0 Å². The smallest absolute Gasteiger partial charge is 0.244 e. The summed E-state index contributed by atoms with van der Waals surface area (Å²) >= 11 is 0. The van der Waals surface area contributed by atoms with Crippen molar-refractivity contribution in [3.05, 3.63) is 18.5 Å². The number of aromatic nitrogens is 1. The molecule has 1 heterocycles. The summed E-state index contributed by atoms with van der Waals surface area (Å²) in [6.45, 7) is 3.97. The van der Waals surface area contributed by atoms with E-state index in [2.05, 4.69) is 4.98 Å². The Labute approximate surface area is 96.1 Å². The maximum atomic E-state index is 12.2. The Morgan fingerprint density at radius 1 is 1.50 bits per heavy atom. The lowest BCUT2D eigenvalue weighted by atomic mass is 10.3. The number of nitrogens with one attached hydrogen (secondary N) is 1. The highest BCUT2D eigenvalue weighted by Gasteiger charge is 2.26. The second kappa shape index (κ2) is 5.47. The van der Waals surface area contributed by atoms with Crippen LogP contribution in [0.3, 0.4) is 0 Å². The van der Waals surface area contributed by atoms with E-state index in [1.807, 2.05) is 13.8 Å². The number of aliphatic hydroxyl groups excluding tert-OH is 1. The van der Waals surface area contributed by atoms with Crippen molar-refractivity contribution in [1.29, 1.82) is 0 Å². The number of nitrogens with zero attached hydrogens (tertiary/aromatic N) is 1. The average molecular weight is 246 g/mol. The van der Waals surface area contributed by atoms with Crippen LogP contribution >= 0.6 is 0 Å². The molecular weight excluding hydrogens is 228 g/mol. The molecule has 1 aromatic rings. The van der Waals surface area contributed by atoms with Gasteiger partial charge in [-0.2, -0.15) is 4.31 Å². The molecule has 0 radical (unpaired) electrons. The summed E-state index contributed by atoms with van der Waals surface area (Å²) in [5.74, 6) is 0. The minimum Gasteiger partial charge on any atom is -0.396 e. The van der Waals surface area contributed by atoms with Crippen LogP contribution < -0.4 is 0 Å². The maximum Gasteiger partial charge on any atom is 0.244 e. The van der Waals surface area contributed by atoms with Crippen LogP contribution in [0.15, 0.2) is 23.4 Å². The number of hydrogen-bond donors (Lipinski definition) is 2. The molecule has 0 saturated carbocycles. The number of H-pyrrole nitrogens is 1. The predicted octanol–water partition coefficient (Wildman–Crippen LogP) is 0.796. The fourth-order valence-electron chi connectivity index (χ4n) is 1.49. The molecule has 0 bridgehead atoms. The molecule has 5 nitrogen and oxygen atoms in total. The molecule has 2 N–H and O–H groups in total. The summed E-state index contributed by atoms with van der Waals surface area (Å²) in [6.07, 6.45) is 3.49. The summed E-state index contributed by atoms with van der Waals surface area (Å²) in [5.41, 5.74) is 0. The summed E-state index contributed by atoms with van der Waals surface area (Å²) in [6, 6.07) is 1.41. The minimum atomic E-state index is -3.44. The van der Waals surface area contributed by atoms with Crippen LogP contribution in [-0.4, -0.2) is 42.0 Å². The summed E-state index contributed by atoms with van der Waals surface area (Å²) in [5, 5.41) is 8.77. The second-order valence-corrected chi connectivity index (χ2v) is 5.72. The zero-order chi connectivity index (χ0) is 12.2. The van der Waals surface area contributed by atoms with Crippen LogP contribution in [0.2, 0.25) is 0 Å². The van der Waals surface area contributed by atoms with Crippen molar-refractivity contribution in [2.75, 3.05) is 13.2 Å². The first kappa shape index (κ1) is 13.2. The SMILES string of the molecule is CC(C)N(CCCO)S(=O)(=O)c1cc[nH]c1. The Kier molecular flexibility index (Phi) is 4.52. The maximum absolute atomic E-state index is 12.2. The monoisotopic (exact) mass is 246 g/mol. The summed E-state index contributed by atoms with van der Waals surface area (Å²) in [7, 11) is -3.44. The lowest BCUT2D eigenvalue weighted by Crippen LogP contribution is -2.37. The van der Waals surface area contributed by atoms with Gasteiger partial charge in [-0.05, 0) is 26.3 Å². The van der Waals surface area contributed by atoms with E-state index in [-0.39, 0.29) is 17.5 Å². The molecule has 6 heteroatoms. The van der Waals surface area contributed by atoms with Gasteiger partial charge in [0.2, 0.25) is 10.0 Å². The van der Waals surface area contributed by atoms with Crippen LogP contribution in [0.5, 0.6) is 0 Å². The summed E-state index contributed by atoms with van der Waals surface area (Å²) in [4.78, 5) is 2.99. The molecule has 92 valence electrons. The molecule has 0 amide bonds. The number of rotatable bonds is 6. The van der Waals surface area contributed by atoms with E-state index in [1.54, 1.807) is 6.20 Å². The number of hydrogen-bond acceptors (Lipinski definition) is 3. The number of aromatic amines is 1. The Morgan fingerprint density at radius 3 is 2.62 bits per heavy atom. The van der Waals surface area contributed by atoms with Crippen LogP contribution in [0.25, 0.3) is 0 Å². The van der Waals surface area contributed by atoms with Gasteiger partial charge in [0.25, 0.3) is 0 Å². The van der Waals surface area contributed by atoms with E-state index in [4.69, 9.17) is 5.11 Å². The second-order valence-electron chi connectivity index (χ2n) is 3.83. The van der Waals surface area contributed by atoms with Gasteiger partial charge in [0.15, 0.2) is 0 Å². The molecule has 0 aliphatic rings. The first-order chi connectivity index (χ1) is 7.50.